The van der Waals surface area contributed by atoms with Gasteiger partial charge in [-0.3, -0.25) is 0 Å². The van der Waals surface area contributed by atoms with Gasteiger partial charge in [0.1, 0.15) is 24.6 Å². The second-order valence-corrected chi connectivity index (χ2v) is 7.55. The van der Waals surface area contributed by atoms with Crippen LogP contribution in [0.5, 0.6) is 0 Å². The zero-order valence-corrected chi connectivity index (χ0v) is 16.9. The summed E-state index contributed by atoms with van der Waals surface area (Å²) < 4.78 is 25.7. The summed E-state index contributed by atoms with van der Waals surface area (Å²) in [6, 6.07) is 14.6. The number of benzene rings is 2. The number of carbonyl (C=O) groups is 1. The minimum absolute atomic E-state index is 0.223. The van der Waals surface area contributed by atoms with Crippen molar-refractivity contribution in [1.82, 2.24) is 9.55 Å². The first-order valence-corrected chi connectivity index (χ1v) is 10.0. The predicted molar refractivity (Wildman–Crippen MR) is 110 cm³/mol. The Hall–Kier alpha value is -3.20. The summed E-state index contributed by atoms with van der Waals surface area (Å²) in [5.74, 6) is -0.274. The van der Waals surface area contributed by atoms with E-state index in [-0.39, 0.29) is 30.5 Å². The third-order valence-corrected chi connectivity index (χ3v) is 5.60. The zero-order valence-electron chi connectivity index (χ0n) is 16.9. The van der Waals surface area contributed by atoms with Crippen LogP contribution in [0.25, 0.3) is 11.0 Å². The van der Waals surface area contributed by atoms with Gasteiger partial charge < -0.3 is 28.6 Å². The highest BCUT2D eigenvalue weighted by atomic mass is 16.7. The number of carboxylic acids is 1. The van der Waals surface area contributed by atoms with Gasteiger partial charge in [0, 0.05) is 12.6 Å². The number of hydrogen-bond acceptors (Lipinski definition) is 6. The highest BCUT2D eigenvalue weighted by Gasteiger charge is 2.40. The molecule has 2 aromatic carbocycles. The summed E-state index contributed by atoms with van der Waals surface area (Å²) in [5.41, 5.74) is 2.63. The van der Waals surface area contributed by atoms with E-state index < -0.39 is 12.3 Å². The molecule has 1 aromatic heterocycles. The maximum absolute atomic E-state index is 11.3. The van der Waals surface area contributed by atoms with Crippen LogP contribution in [-0.2, 0) is 32.6 Å². The summed E-state index contributed by atoms with van der Waals surface area (Å²) in [7, 11) is 1.85. The Morgan fingerprint density at radius 1 is 1.26 bits per heavy atom. The van der Waals surface area contributed by atoms with Crippen molar-refractivity contribution in [3.05, 3.63) is 77.8 Å². The molecule has 4 atom stereocenters. The number of nitrogens with zero attached hydrogens (tertiary/aromatic N) is 2. The molecular formula is C23H22N2O6. The smallest absolute Gasteiger partial charge is 0.335 e. The van der Waals surface area contributed by atoms with Crippen LogP contribution in [0.1, 0.15) is 28.0 Å². The fourth-order valence-electron chi connectivity index (χ4n) is 3.89. The molecule has 8 nitrogen and oxygen atoms in total. The van der Waals surface area contributed by atoms with Gasteiger partial charge in [0.15, 0.2) is 12.4 Å². The maximum atomic E-state index is 11.3. The van der Waals surface area contributed by atoms with Gasteiger partial charge in [-0.1, -0.05) is 30.3 Å². The lowest BCUT2D eigenvalue weighted by atomic mass is 10.0. The molecule has 31 heavy (non-hydrogen) atoms. The van der Waals surface area contributed by atoms with Gasteiger partial charge in [0.05, 0.1) is 29.5 Å². The van der Waals surface area contributed by atoms with Crippen LogP contribution in [0.4, 0.5) is 0 Å². The molecule has 0 bridgehead atoms. The average molecular weight is 422 g/mol. The molecule has 0 spiro atoms. The van der Waals surface area contributed by atoms with Gasteiger partial charge in [0.2, 0.25) is 0 Å². The monoisotopic (exact) mass is 422 g/mol. The number of rotatable bonds is 5. The van der Waals surface area contributed by atoms with Gasteiger partial charge in [-0.2, -0.15) is 0 Å². The van der Waals surface area contributed by atoms with E-state index in [1.165, 1.54) is 0 Å². The lowest BCUT2D eigenvalue weighted by Gasteiger charge is -2.40. The fourth-order valence-corrected chi connectivity index (χ4v) is 3.89. The Labute approximate surface area is 178 Å². The minimum Gasteiger partial charge on any atom is -0.493 e. The van der Waals surface area contributed by atoms with Crippen molar-refractivity contribution in [2.75, 3.05) is 6.61 Å². The normalized spacial score (nSPS) is 25.2. The second-order valence-electron chi connectivity index (χ2n) is 7.55. The summed E-state index contributed by atoms with van der Waals surface area (Å²) >= 11 is 0. The molecule has 1 fully saturated rings. The molecule has 0 aliphatic carbocycles. The molecule has 5 rings (SSSR count). The first-order valence-electron chi connectivity index (χ1n) is 10.0. The standard InChI is InChI=1S/C23H22N2O6/c1-25-17-11-15(22(26)27)7-8-16(17)24-20(25)13-29-18-9-10-28-19-12-30-23(31-21(18)19)14-5-3-2-4-6-14/h2-11,18-19,21,23H,12-13H2,1H3,(H,26,27)/t18-,19-,21-,23?/m1/s1. The zero-order chi connectivity index (χ0) is 21.4. The largest absolute Gasteiger partial charge is 0.493 e. The van der Waals surface area contributed by atoms with Crippen molar-refractivity contribution >= 4 is 17.0 Å². The number of carboxylic acid groups (broad SMARTS) is 1. The number of imidazole rings is 1. The van der Waals surface area contributed by atoms with Crippen LogP contribution < -0.4 is 0 Å². The van der Waals surface area contributed by atoms with E-state index in [9.17, 15) is 9.90 Å². The average Bonchev–Trinajstić information content (AvgIpc) is 3.12. The van der Waals surface area contributed by atoms with Crippen molar-refractivity contribution in [3.63, 3.8) is 0 Å². The van der Waals surface area contributed by atoms with Crippen LogP contribution in [0.2, 0.25) is 0 Å². The Balaban J connectivity index is 1.32. The predicted octanol–water partition coefficient (Wildman–Crippen LogP) is 3.18. The van der Waals surface area contributed by atoms with Crippen LogP contribution in [0.3, 0.4) is 0 Å². The van der Waals surface area contributed by atoms with Gasteiger partial charge in [-0.05, 0) is 24.3 Å². The molecular weight excluding hydrogens is 400 g/mol. The number of aryl methyl sites for hydroxylation is 1. The molecule has 0 amide bonds. The van der Waals surface area contributed by atoms with E-state index in [2.05, 4.69) is 4.98 Å². The number of aromatic carboxylic acids is 1. The van der Waals surface area contributed by atoms with Gasteiger partial charge in [-0.15, -0.1) is 0 Å². The molecule has 1 unspecified atom stereocenters. The van der Waals surface area contributed by atoms with Crippen molar-refractivity contribution in [3.8, 4) is 0 Å². The molecule has 2 aliphatic heterocycles. The van der Waals surface area contributed by atoms with Crippen LogP contribution >= 0.6 is 0 Å². The molecule has 0 saturated carbocycles. The molecule has 8 heteroatoms. The SMILES string of the molecule is Cn1c(CO[C@@H]2C=CO[C@@H]3COC(c4ccccc4)O[C@H]23)nc2ccc(C(=O)O)cc21. The van der Waals surface area contributed by atoms with Gasteiger partial charge in [0.25, 0.3) is 0 Å². The van der Waals surface area contributed by atoms with Crippen molar-refractivity contribution in [1.29, 1.82) is 0 Å². The Morgan fingerprint density at radius 3 is 2.90 bits per heavy atom. The lowest BCUT2D eigenvalue weighted by Crippen LogP contribution is -2.50. The van der Waals surface area contributed by atoms with E-state index in [0.29, 0.717) is 12.4 Å². The highest BCUT2D eigenvalue weighted by Crippen LogP contribution is 2.32. The van der Waals surface area contributed by atoms with Gasteiger partial charge in [-0.25, -0.2) is 9.78 Å². The van der Waals surface area contributed by atoms with Crippen LogP contribution in [-0.4, -0.2) is 45.5 Å². The molecule has 3 aromatic rings. The summed E-state index contributed by atoms with van der Waals surface area (Å²) in [4.78, 5) is 15.8. The van der Waals surface area contributed by atoms with Crippen molar-refractivity contribution in [2.24, 2.45) is 7.05 Å². The quantitative estimate of drug-likeness (QED) is 0.675. The van der Waals surface area contributed by atoms with Gasteiger partial charge >= 0.3 is 5.97 Å². The van der Waals surface area contributed by atoms with E-state index in [1.54, 1.807) is 24.5 Å². The summed E-state index contributed by atoms with van der Waals surface area (Å²) in [6.07, 6.45) is 2.07. The number of fused-ring (bicyclic) bond motifs is 2. The third kappa shape index (κ3) is 3.81. The fraction of sp³-hybridized carbons (Fsp3) is 0.304. The van der Waals surface area contributed by atoms with Crippen molar-refractivity contribution < 1.29 is 28.8 Å². The molecule has 0 radical (unpaired) electrons. The van der Waals surface area contributed by atoms with Crippen LogP contribution in [0, 0.1) is 0 Å². The number of ether oxygens (including phenoxy) is 4. The first kappa shape index (κ1) is 19.7. The number of hydrogen-bond donors (Lipinski definition) is 1. The molecule has 3 heterocycles. The Bertz CT molecular complexity index is 1130. The summed E-state index contributed by atoms with van der Waals surface area (Å²) in [6.45, 7) is 0.644. The first-order chi connectivity index (χ1) is 15.1. The van der Waals surface area contributed by atoms with E-state index in [0.717, 1.165) is 16.6 Å². The third-order valence-electron chi connectivity index (χ3n) is 5.60. The highest BCUT2D eigenvalue weighted by molar-refractivity contribution is 5.92. The molecule has 160 valence electrons. The maximum Gasteiger partial charge on any atom is 0.335 e. The number of aromatic nitrogens is 2. The lowest BCUT2D eigenvalue weighted by molar-refractivity contribution is -0.281. The minimum atomic E-state index is -0.969. The topological polar surface area (TPSA) is 92.0 Å². The van der Waals surface area contributed by atoms with E-state index in [1.807, 2.05) is 48.0 Å². The van der Waals surface area contributed by atoms with Crippen LogP contribution in [0.15, 0.2) is 60.9 Å². The second kappa shape index (κ2) is 8.14. The molecule has 2 aliphatic rings. The molecule has 1 saturated heterocycles. The molecule has 1 N–H and O–H groups in total. The van der Waals surface area contributed by atoms with E-state index >= 15 is 0 Å². The summed E-state index contributed by atoms with van der Waals surface area (Å²) in [5, 5.41) is 9.23. The van der Waals surface area contributed by atoms with E-state index in [4.69, 9.17) is 18.9 Å². The van der Waals surface area contributed by atoms with Crippen molar-refractivity contribution in [2.45, 2.75) is 31.2 Å². The Morgan fingerprint density at radius 2 is 2.10 bits per heavy atom. The Kier molecular flexibility index (Phi) is 5.19.